The summed E-state index contributed by atoms with van der Waals surface area (Å²) in [5.41, 5.74) is 2.56. The van der Waals surface area contributed by atoms with Crippen molar-refractivity contribution in [2.24, 2.45) is 5.92 Å². The molecule has 0 saturated heterocycles. The molecule has 0 saturated carbocycles. The van der Waals surface area contributed by atoms with Gasteiger partial charge in [0.25, 0.3) is 0 Å². The zero-order valence-corrected chi connectivity index (χ0v) is 23.3. The van der Waals surface area contributed by atoms with Crippen molar-refractivity contribution >= 4 is 5.97 Å². The zero-order chi connectivity index (χ0) is 27.2. The Morgan fingerprint density at radius 2 is 1.26 bits per heavy atom. The van der Waals surface area contributed by atoms with Crippen molar-refractivity contribution in [3.8, 4) is 28.4 Å². The predicted octanol–water partition coefficient (Wildman–Crippen LogP) is 8.36. The summed E-state index contributed by atoms with van der Waals surface area (Å²) in [5, 5.41) is 0. The van der Waals surface area contributed by atoms with Crippen molar-refractivity contribution in [1.29, 1.82) is 0 Å². The van der Waals surface area contributed by atoms with Gasteiger partial charge in [-0.05, 0) is 73.0 Å². The molecule has 3 aromatic carbocycles. The van der Waals surface area contributed by atoms with Crippen molar-refractivity contribution in [1.82, 2.24) is 0 Å². The molecule has 0 aromatic heterocycles. The monoisotopic (exact) mass is 518 g/mol. The zero-order valence-electron chi connectivity index (χ0n) is 23.3. The van der Waals surface area contributed by atoms with Crippen LogP contribution in [0, 0.1) is 5.92 Å². The highest BCUT2D eigenvalue weighted by atomic mass is 16.5. The Bertz CT molecular complexity index is 1070. The van der Waals surface area contributed by atoms with Crippen molar-refractivity contribution in [2.75, 3.05) is 20.3 Å². The first-order valence-corrected chi connectivity index (χ1v) is 13.8. The first-order valence-electron chi connectivity index (χ1n) is 13.8. The second-order valence-corrected chi connectivity index (χ2v) is 9.83. The Balaban J connectivity index is 1.46. The van der Waals surface area contributed by atoms with Gasteiger partial charge in [-0.2, -0.15) is 0 Å². The molecule has 0 unspecified atom stereocenters. The maximum atomic E-state index is 12.6. The van der Waals surface area contributed by atoms with Crippen LogP contribution < -0.4 is 14.2 Å². The number of methoxy groups -OCH3 is 1. The summed E-state index contributed by atoms with van der Waals surface area (Å²) in [5.74, 6) is 2.02. The van der Waals surface area contributed by atoms with Crippen LogP contribution in [0.15, 0.2) is 72.8 Å². The van der Waals surface area contributed by atoms with Gasteiger partial charge in [0.05, 0.1) is 18.8 Å². The molecule has 38 heavy (non-hydrogen) atoms. The van der Waals surface area contributed by atoms with E-state index in [1.807, 2.05) is 48.5 Å². The minimum absolute atomic E-state index is 0.0555. The molecule has 3 rings (SSSR count). The van der Waals surface area contributed by atoms with E-state index in [9.17, 15) is 4.79 Å². The Kier molecular flexibility index (Phi) is 12.2. The molecule has 3 aromatic rings. The van der Waals surface area contributed by atoms with Crippen LogP contribution in [0.25, 0.3) is 11.1 Å². The van der Waals surface area contributed by atoms with Crippen LogP contribution >= 0.6 is 0 Å². The van der Waals surface area contributed by atoms with Gasteiger partial charge in [-0.25, -0.2) is 4.79 Å². The fourth-order valence-corrected chi connectivity index (χ4v) is 4.10. The van der Waals surface area contributed by atoms with Crippen LogP contribution in [0.4, 0.5) is 0 Å². The van der Waals surface area contributed by atoms with Gasteiger partial charge in [-0.1, -0.05) is 70.2 Å². The molecule has 0 fully saturated rings. The van der Waals surface area contributed by atoms with E-state index in [2.05, 4.69) is 20.8 Å². The van der Waals surface area contributed by atoms with E-state index in [-0.39, 0.29) is 12.1 Å². The summed E-state index contributed by atoms with van der Waals surface area (Å²) in [6.07, 6.45) is 7.45. The SMILES string of the molecule is CCCCCCCCOc1ccc(OC(=O)c2ccc(-c3ccc(O[C@H](C)[C@@H](C)COC)cc3)cc2)cc1. The second-order valence-electron chi connectivity index (χ2n) is 9.83. The summed E-state index contributed by atoms with van der Waals surface area (Å²) < 4.78 is 22.6. The molecule has 0 N–H and O–H groups in total. The van der Waals surface area contributed by atoms with Crippen LogP contribution in [0.2, 0.25) is 0 Å². The summed E-state index contributed by atoms with van der Waals surface area (Å²) in [7, 11) is 1.70. The van der Waals surface area contributed by atoms with Crippen LogP contribution in [0.3, 0.4) is 0 Å². The topological polar surface area (TPSA) is 54.0 Å². The van der Waals surface area contributed by atoms with E-state index in [1.165, 1.54) is 32.1 Å². The maximum absolute atomic E-state index is 12.6. The van der Waals surface area contributed by atoms with Crippen LogP contribution in [-0.4, -0.2) is 32.4 Å². The molecule has 0 aliphatic heterocycles. The molecule has 2 atom stereocenters. The van der Waals surface area contributed by atoms with E-state index >= 15 is 0 Å². The highest BCUT2D eigenvalue weighted by molar-refractivity contribution is 5.91. The van der Waals surface area contributed by atoms with E-state index in [4.69, 9.17) is 18.9 Å². The third-order valence-corrected chi connectivity index (χ3v) is 6.66. The van der Waals surface area contributed by atoms with Gasteiger partial charge in [0.15, 0.2) is 0 Å². The molecule has 0 aliphatic rings. The number of hydrogen-bond donors (Lipinski definition) is 0. The highest BCUT2D eigenvalue weighted by Crippen LogP contribution is 2.25. The number of unbranched alkanes of at least 4 members (excludes halogenated alkanes) is 5. The van der Waals surface area contributed by atoms with Gasteiger partial charge < -0.3 is 18.9 Å². The largest absolute Gasteiger partial charge is 0.494 e. The lowest BCUT2D eigenvalue weighted by Crippen LogP contribution is -2.24. The normalized spacial score (nSPS) is 12.5. The minimum atomic E-state index is -0.389. The number of carbonyl (C=O) groups is 1. The molecule has 0 radical (unpaired) electrons. The third kappa shape index (κ3) is 9.53. The van der Waals surface area contributed by atoms with Gasteiger partial charge in [-0.3, -0.25) is 0 Å². The quantitative estimate of drug-likeness (QED) is 0.108. The Morgan fingerprint density at radius 3 is 1.89 bits per heavy atom. The average molecular weight is 519 g/mol. The lowest BCUT2D eigenvalue weighted by molar-refractivity contribution is 0.0734. The predicted molar refractivity (Wildman–Crippen MR) is 153 cm³/mol. The van der Waals surface area contributed by atoms with Crippen LogP contribution in [0.1, 0.15) is 69.7 Å². The number of ether oxygens (including phenoxy) is 4. The molecule has 5 heteroatoms. The average Bonchev–Trinajstić information content (AvgIpc) is 2.94. The summed E-state index contributed by atoms with van der Waals surface area (Å²) in [4.78, 5) is 12.6. The van der Waals surface area contributed by atoms with Crippen molar-refractivity contribution < 1.29 is 23.7 Å². The van der Waals surface area contributed by atoms with Gasteiger partial charge in [0.1, 0.15) is 23.4 Å². The van der Waals surface area contributed by atoms with Crippen molar-refractivity contribution in [3.05, 3.63) is 78.4 Å². The molecule has 0 amide bonds. The highest BCUT2D eigenvalue weighted by Gasteiger charge is 2.14. The van der Waals surface area contributed by atoms with Gasteiger partial charge in [0, 0.05) is 13.0 Å². The molecule has 204 valence electrons. The van der Waals surface area contributed by atoms with Gasteiger partial charge in [0.2, 0.25) is 0 Å². The van der Waals surface area contributed by atoms with Gasteiger partial charge >= 0.3 is 5.97 Å². The lowest BCUT2D eigenvalue weighted by Gasteiger charge is -2.21. The summed E-state index contributed by atoms with van der Waals surface area (Å²) >= 11 is 0. The lowest BCUT2D eigenvalue weighted by atomic mass is 10.0. The van der Waals surface area contributed by atoms with Crippen LogP contribution in [0.5, 0.6) is 17.2 Å². The molecule has 0 heterocycles. The molecular weight excluding hydrogens is 476 g/mol. The Morgan fingerprint density at radius 1 is 0.711 bits per heavy atom. The number of esters is 1. The van der Waals surface area contributed by atoms with E-state index in [1.54, 1.807) is 31.4 Å². The maximum Gasteiger partial charge on any atom is 0.343 e. The van der Waals surface area contributed by atoms with Crippen LogP contribution in [-0.2, 0) is 4.74 Å². The Labute approximate surface area is 228 Å². The molecule has 0 aliphatic carbocycles. The summed E-state index contributed by atoms with van der Waals surface area (Å²) in [6.45, 7) is 7.75. The summed E-state index contributed by atoms with van der Waals surface area (Å²) in [6, 6.07) is 22.6. The van der Waals surface area contributed by atoms with E-state index in [0.717, 1.165) is 29.0 Å². The fourth-order valence-electron chi connectivity index (χ4n) is 4.10. The first kappa shape index (κ1) is 29.2. The molecule has 5 nitrogen and oxygen atoms in total. The number of benzene rings is 3. The molecule has 0 bridgehead atoms. The molecular formula is C33H42O5. The first-order chi connectivity index (χ1) is 18.5. The Hall–Kier alpha value is -3.31. The third-order valence-electron chi connectivity index (χ3n) is 6.66. The van der Waals surface area contributed by atoms with Gasteiger partial charge in [-0.15, -0.1) is 0 Å². The van der Waals surface area contributed by atoms with Crippen molar-refractivity contribution in [3.63, 3.8) is 0 Å². The molecule has 0 spiro atoms. The second kappa shape index (κ2) is 15.8. The number of hydrogen-bond acceptors (Lipinski definition) is 5. The minimum Gasteiger partial charge on any atom is -0.494 e. The number of rotatable bonds is 16. The smallest absolute Gasteiger partial charge is 0.343 e. The number of carbonyl (C=O) groups excluding carboxylic acids is 1. The standard InChI is InChI=1S/C33H42O5/c1-5-6-7-8-9-10-23-36-30-19-21-32(22-20-30)38-33(34)29-13-11-27(12-14-29)28-15-17-31(18-16-28)37-26(3)25(2)24-35-4/h11-22,25-26H,5-10,23-24H2,1-4H3/t25-,26+/m0/s1. The van der Waals surface area contributed by atoms with E-state index in [0.29, 0.717) is 30.4 Å². The van der Waals surface area contributed by atoms with E-state index < -0.39 is 0 Å². The van der Waals surface area contributed by atoms with Crippen molar-refractivity contribution in [2.45, 2.75) is 65.4 Å². The fraction of sp³-hybridized carbons (Fsp3) is 0.424.